The number of fused-ring (bicyclic) bond motifs is 1. The van der Waals surface area contributed by atoms with E-state index >= 15 is 0 Å². The number of rotatable bonds is 3. The Morgan fingerprint density at radius 1 is 1.55 bits per heavy atom. The van der Waals surface area contributed by atoms with E-state index in [0.717, 1.165) is 13.0 Å². The van der Waals surface area contributed by atoms with Gasteiger partial charge < -0.3 is 18.9 Å². The molecule has 2 rings (SSSR count). The molecule has 4 nitrogen and oxygen atoms in total. The minimum absolute atomic E-state index is 0.166. The first-order valence-corrected chi connectivity index (χ1v) is 3.79. The zero-order valence-corrected chi connectivity index (χ0v) is 6.49. The summed E-state index contributed by atoms with van der Waals surface area (Å²) in [5.41, 5.74) is 0. The molecule has 64 valence electrons. The van der Waals surface area contributed by atoms with Crippen molar-refractivity contribution < 1.29 is 18.9 Å². The summed E-state index contributed by atoms with van der Waals surface area (Å²) in [6.07, 6.45) is 1.34. The van der Waals surface area contributed by atoms with E-state index in [1.165, 1.54) is 0 Å². The summed E-state index contributed by atoms with van der Waals surface area (Å²) in [6, 6.07) is 0. The first-order valence-electron chi connectivity index (χ1n) is 3.79. The number of hydrogen-bond donors (Lipinski definition) is 0. The lowest BCUT2D eigenvalue weighted by molar-refractivity contribution is -0.200. The van der Waals surface area contributed by atoms with Crippen LogP contribution in [-0.4, -0.2) is 39.0 Å². The van der Waals surface area contributed by atoms with Crippen LogP contribution in [0.2, 0.25) is 0 Å². The molecule has 2 heterocycles. The SMILES string of the molecule is COCO[C@H]1OCC[C@@H]2O[C@H]12. The fraction of sp³-hybridized carbons (Fsp3) is 1.00. The average molecular weight is 160 g/mol. The Labute approximate surface area is 65.4 Å². The normalized spacial score (nSPS) is 41.7. The molecule has 0 spiro atoms. The summed E-state index contributed by atoms with van der Waals surface area (Å²) in [7, 11) is 1.59. The van der Waals surface area contributed by atoms with E-state index in [-0.39, 0.29) is 19.2 Å². The third-order valence-electron chi connectivity index (χ3n) is 1.92. The van der Waals surface area contributed by atoms with Crippen molar-refractivity contribution >= 4 is 0 Å². The number of ether oxygens (including phenoxy) is 4. The van der Waals surface area contributed by atoms with E-state index in [1.807, 2.05) is 0 Å². The highest BCUT2D eigenvalue weighted by Crippen LogP contribution is 2.34. The van der Waals surface area contributed by atoms with Crippen molar-refractivity contribution in [3.63, 3.8) is 0 Å². The first-order chi connectivity index (χ1) is 5.42. The van der Waals surface area contributed by atoms with Crippen LogP contribution in [0.5, 0.6) is 0 Å². The molecule has 0 aromatic heterocycles. The van der Waals surface area contributed by atoms with E-state index in [0.29, 0.717) is 6.10 Å². The van der Waals surface area contributed by atoms with Gasteiger partial charge in [-0.15, -0.1) is 0 Å². The second kappa shape index (κ2) is 3.06. The predicted octanol–water partition coefficient (Wildman–Crippen LogP) is 0.121. The van der Waals surface area contributed by atoms with Crippen LogP contribution in [0.25, 0.3) is 0 Å². The van der Waals surface area contributed by atoms with Gasteiger partial charge in [0.25, 0.3) is 0 Å². The Kier molecular flexibility index (Phi) is 2.09. The van der Waals surface area contributed by atoms with Gasteiger partial charge in [-0.1, -0.05) is 0 Å². The van der Waals surface area contributed by atoms with E-state index in [9.17, 15) is 0 Å². The van der Waals surface area contributed by atoms with Gasteiger partial charge in [0.05, 0.1) is 12.7 Å². The van der Waals surface area contributed by atoms with Crippen molar-refractivity contribution in [1.82, 2.24) is 0 Å². The van der Waals surface area contributed by atoms with Gasteiger partial charge >= 0.3 is 0 Å². The molecule has 0 aromatic rings. The van der Waals surface area contributed by atoms with Gasteiger partial charge in [0.1, 0.15) is 12.9 Å². The second-order valence-corrected chi connectivity index (χ2v) is 2.74. The van der Waals surface area contributed by atoms with Gasteiger partial charge in [0.2, 0.25) is 0 Å². The first kappa shape index (κ1) is 7.49. The molecule has 0 aromatic carbocycles. The summed E-state index contributed by atoms with van der Waals surface area (Å²) in [4.78, 5) is 0. The van der Waals surface area contributed by atoms with E-state index in [1.54, 1.807) is 7.11 Å². The highest BCUT2D eigenvalue weighted by molar-refractivity contribution is 4.90. The van der Waals surface area contributed by atoms with Crippen molar-refractivity contribution in [1.29, 1.82) is 0 Å². The Morgan fingerprint density at radius 2 is 2.45 bits per heavy atom. The summed E-state index contributed by atoms with van der Waals surface area (Å²) in [5.74, 6) is 0. The molecule has 2 aliphatic rings. The fourth-order valence-corrected chi connectivity index (χ4v) is 1.30. The topological polar surface area (TPSA) is 40.2 Å². The Bertz CT molecular complexity index is 138. The zero-order valence-electron chi connectivity index (χ0n) is 6.49. The van der Waals surface area contributed by atoms with Gasteiger partial charge in [-0.3, -0.25) is 0 Å². The molecule has 3 atom stereocenters. The number of hydrogen-bond acceptors (Lipinski definition) is 4. The number of methoxy groups -OCH3 is 1. The molecule has 0 N–H and O–H groups in total. The Hall–Kier alpha value is -0.160. The second-order valence-electron chi connectivity index (χ2n) is 2.74. The van der Waals surface area contributed by atoms with Crippen molar-refractivity contribution in [3.05, 3.63) is 0 Å². The molecule has 2 saturated heterocycles. The van der Waals surface area contributed by atoms with E-state index in [4.69, 9.17) is 18.9 Å². The fourth-order valence-electron chi connectivity index (χ4n) is 1.30. The van der Waals surface area contributed by atoms with Crippen LogP contribution in [0.15, 0.2) is 0 Å². The quantitative estimate of drug-likeness (QED) is 0.434. The molecule has 2 aliphatic heterocycles. The van der Waals surface area contributed by atoms with Crippen LogP contribution in [0, 0.1) is 0 Å². The van der Waals surface area contributed by atoms with Crippen LogP contribution in [0.1, 0.15) is 6.42 Å². The third-order valence-corrected chi connectivity index (χ3v) is 1.92. The highest BCUT2D eigenvalue weighted by Gasteiger charge is 2.49. The molecule has 0 radical (unpaired) electrons. The largest absolute Gasteiger partial charge is 0.364 e. The smallest absolute Gasteiger partial charge is 0.188 e. The lowest BCUT2D eigenvalue weighted by Crippen LogP contribution is -2.30. The molecule has 2 fully saturated rings. The maximum absolute atomic E-state index is 5.31. The predicted molar refractivity (Wildman–Crippen MR) is 36.0 cm³/mol. The molecule has 4 heteroatoms. The maximum atomic E-state index is 5.31. The van der Waals surface area contributed by atoms with Crippen LogP contribution >= 0.6 is 0 Å². The Morgan fingerprint density at radius 3 is 3.27 bits per heavy atom. The third kappa shape index (κ3) is 1.54. The van der Waals surface area contributed by atoms with Crippen molar-refractivity contribution in [2.24, 2.45) is 0 Å². The molecule has 0 unspecified atom stereocenters. The van der Waals surface area contributed by atoms with Gasteiger partial charge in [0.15, 0.2) is 6.29 Å². The molecule has 0 saturated carbocycles. The monoisotopic (exact) mass is 160 g/mol. The summed E-state index contributed by atoms with van der Waals surface area (Å²) in [5, 5.41) is 0. The minimum atomic E-state index is -0.200. The lowest BCUT2D eigenvalue weighted by Gasteiger charge is -2.18. The molecule has 0 aliphatic carbocycles. The highest BCUT2D eigenvalue weighted by atomic mass is 16.8. The van der Waals surface area contributed by atoms with Crippen molar-refractivity contribution in [2.45, 2.75) is 24.9 Å². The molecular formula is C7H12O4. The van der Waals surface area contributed by atoms with Crippen LogP contribution in [0.3, 0.4) is 0 Å². The lowest BCUT2D eigenvalue weighted by atomic mass is 10.2. The summed E-state index contributed by atoms with van der Waals surface area (Å²) >= 11 is 0. The molecule has 0 bridgehead atoms. The van der Waals surface area contributed by atoms with Gasteiger partial charge in [0, 0.05) is 7.11 Å². The standard InChI is InChI=1S/C7H12O4/c1-8-4-10-7-6-5(11-6)2-3-9-7/h5-7H,2-4H2,1H3/t5-,6-,7+/m0/s1. The summed E-state index contributed by atoms with van der Waals surface area (Å²) in [6.45, 7) is 1.01. The van der Waals surface area contributed by atoms with Crippen LogP contribution < -0.4 is 0 Å². The van der Waals surface area contributed by atoms with Gasteiger partial charge in [-0.2, -0.15) is 0 Å². The van der Waals surface area contributed by atoms with E-state index in [2.05, 4.69) is 0 Å². The van der Waals surface area contributed by atoms with E-state index < -0.39 is 0 Å². The average Bonchev–Trinajstić information content (AvgIpc) is 2.79. The maximum Gasteiger partial charge on any atom is 0.188 e. The zero-order chi connectivity index (χ0) is 7.68. The molecular weight excluding hydrogens is 148 g/mol. The van der Waals surface area contributed by atoms with Gasteiger partial charge in [-0.05, 0) is 6.42 Å². The molecule has 11 heavy (non-hydrogen) atoms. The summed E-state index contributed by atoms with van der Waals surface area (Å²) < 4.78 is 20.6. The van der Waals surface area contributed by atoms with Gasteiger partial charge in [-0.25, -0.2) is 0 Å². The number of epoxide rings is 1. The van der Waals surface area contributed by atoms with Crippen LogP contribution in [0.4, 0.5) is 0 Å². The Balaban J connectivity index is 1.75. The van der Waals surface area contributed by atoms with Crippen LogP contribution in [-0.2, 0) is 18.9 Å². The van der Waals surface area contributed by atoms with Crippen molar-refractivity contribution in [2.75, 3.05) is 20.5 Å². The van der Waals surface area contributed by atoms with Crippen molar-refractivity contribution in [3.8, 4) is 0 Å². The molecule has 0 amide bonds. The minimum Gasteiger partial charge on any atom is -0.364 e.